The second-order valence-electron chi connectivity index (χ2n) is 8.61. The van der Waals surface area contributed by atoms with E-state index in [4.69, 9.17) is 14.0 Å². The smallest absolute Gasteiger partial charge is 0.227 e. The number of aryl methyl sites for hydroxylation is 1. The fourth-order valence-corrected chi connectivity index (χ4v) is 3.43. The van der Waals surface area contributed by atoms with Crippen molar-refractivity contribution in [3.8, 4) is 11.5 Å². The van der Waals surface area contributed by atoms with Gasteiger partial charge >= 0.3 is 0 Å². The molecule has 2 heterocycles. The largest absolute Gasteiger partial charge is 0.493 e. The highest BCUT2D eigenvalue weighted by atomic mass is 16.5. The Morgan fingerprint density at radius 1 is 1.10 bits per heavy atom. The first-order valence-corrected chi connectivity index (χ1v) is 10.3. The number of carbonyl (C=O) groups excluding carboxylic acids is 1. The third-order valence-corrected chi connectivity index (χ3v) is 5.27. The summed E-state index contributed by atoms with van der Waals surface area (Å²) >= 11 is 0. The van der Waals surface area contributed by atoms with Gasteiger partial charge in [0.2, 0.25) is 11.8 Å². The first kappa shape index (κ1) is 22.1. The lowest BCUT2D eigenvalue weighted by molar-refractivity contribution is -0.133. The predicted octanol–water partition coefficient (Wildman–Crippen LogP) is 2.66. The van der Waals surface area contributed by atoms with Crippen molar-refractivity contribution < 1.29 is 18.8 Å². The van der Waals surface area contributed by atoms with E-state index in [1.807, 2.05) is 37.8 Å². The van der Waals surface area contributed by atoms with Crippen molar-refractivity contribution in [1.29, 1.82) is 0 Å². The second kappa shape index (κ2) is 9.47. The van der Waals surface area contributed by atoms with E-state index in [1.165, 1.54) is 5.56 Å². The number of rotatable bonds is 7. The average molecular weight is 417 g/mol. The molecule has 1 aliphatic rings. The monoisotopic (exact) mass is 416 g/mol. The first-order chi connectivity index (χ1) is 14.3. The zero-order valence-electron chi connectivity index (χ0n) is 18.6. The Balaban J connectivity index is 1.46. The van der Waals surface area contributed by atoms with Gasteiger partial charge in [0.1, 0.15) is 0 Å². The summed E-state index contributed by atoms with van der Waals surface area (Å²) < 4.78 is 16.0. The highest BCUT2D eigenvalue weighted by molar-refractivity contribution is 5.76. The lowest BCUT2D eigenvalue weighted by Gasteiger charge is -2.34. The molecule has 1 aromatic carbocycles. The second-order valence-corrected chi connectivity index (χ2v) is 8.61. The molecule has 0 radical (unpaired) electrons. The highest BCUT2D eigenvalue weighted by Gasteiger charge is 2.24. The Labute approximate surface area is 178 Å². The molecule has 1 fully saturated rings. The molecule has 8 heteroatoms. The van der Waals surface area contributed by atoms with Crippen molar-refractivity contribution in [1.82, 2.24) is 19.9 Å². The van der Waals surface area contributed by atoms with Gasteiger partial charge in [-0.05, 0) is 17.7 Å². The molecule has 164 valence electrons. The van der Waals surface area contributed by atoms with Gasteiger partial charge in [0.15, 0.2) is 17.3 Å². The summed E-state index contributed by atoms with van der Waals surface area (Å²) in [5.41, 5.74) is 1.01. The van der Waals surface area contributed by atoms with Crippen molar-refractivity contribution in [3.63, 3.8) is 0 Å². The van der Waals surface area contributed by atoms with Crippen molar-refractivity contribution >= 4 is 5.91 Å². The molecule has 0 bridgehead atoms. The van der Waals surface area contributed by atoms with Crippen LogP contribution in [0.15, 0.2) is 22.7 Å². The maximum Gasteiger partial charge on any atom is 0.227 e. The van der Waals surface area contributed by atoms with Gasteiger partial charge in [0.25, 0.3) is 0 Å². The molecule has 0 aliphatic carbocycles. The van der Waals surface area contributed by atoms with Gasteiger partial charge in [-0.2, -0.15) is 4.98 Å². The number of nitrogens with zero attached hydrogens (tertiary/aromatic N) is 4. The van der Waals surface area contributed by atoms with E-state index in [0.29, 0.717) is 24.6 Å². The van der Waals surface area contributed by atoms with Gasteiger partial charge in [0, 0.05) is 51.0 Å². The van der Waals surface area contributed by atoms with Crippen LogP contribution >= 0.6 is 0 Å². The first-order valence-electron chi connectivity index (χ1n) is 10.3. The molecule has 2 aromatic rings. The van der Waals surface area contributed by atoms with E-state index in [2.05, 4.69) is 21.1 Å². The molecule has 1 saturated heterocycles. The molecular weight excluding hydrogens is 384 g/mol. The van der Waals surface area contributed by atoms with Crippen molar-refractivity contribution in [2.24, 2.45) is 0 Å². The number of piperazine rings is 1. The minimum atomic E-state index is -0.157. The molecule has 0 atom stereocenters. The molecule has 0 saturated carbocycles. The number of carbonyl (C=O) groups is 1. The van der Waals surface area contributed by atoms with E-state index in [-0.39, 0.29) is 11.3 Å². The highest BCUT2D eigenvalue weighted by Crippen LogP contribution is 2.28. The molecule has 0 N–H and O–H groups in total. The molecule has 0 spiro atoms. The van der Waals surface area contributed by atoms with Crippen molar-refractivity contribution in [3.05, 3.63) is 35.5 Å². The molecular formula is C22H32N4O4. The van der Waals surface area contributed by atoms with Crippen LogP contribution in [0, 0.1) is 0 Å². The Morgan fingerprint density at radius 3 is 2.40 bits per heavy atom. The summed E-state index contributed by atoms with van der Waals surface area (Å²) in [5.74, 6) is 2.80. The van der Waals surface area contributed by atoms with Crippen LogP contribution in [0.2, 0.25) is 0 Å². The minimum absolute atomic E-state index is 0.135. The molecule has 8 nitrogen and oxygen atoms in total. The third-order valence-electron chi connectivity index (χ3n) is 5.27. The van der Waals surface area contributed by atoms with Crippen molar-refractivity contribution in [2.75, 3.05) is 40.4 Å². The van der Waals surface area contributed by atoms with Crippen LogP contribution in [-0.2, 0) is 23.2 Å². The van der Waals surface area contributed by atoms with Crippen LogP contribution < -0.4 is 9.47 Å². The van der Waals surface area contributed by atoms with Gasteiger partial charge in [-0.25, -0.2) is 0 Å². The van der Waals surface area contributed by atoms with Crippen LogP contribution in [0.3, 0.4) is 0 Å². The fourth-order valence-electron chi connectivity index (χ4n) is 3.43. The summed E-state index contributed by atoms with van der Waals surface area (Å²) in [5, 5.41) is 4.02. The molecule has 1 aromatic heterocycles. The molecule has 30 heavy (non-hydrogen) atoms. The number of hydrogen-bond acceptors (Lipinski definition) is 7. The third kappa shape index (κ3) is 5.50. The standard InChI is InChI=1S/C22H32N4O4/c1-22(2,3)21-23-19(30-24-21)8-9-20(27)26-12-10-25(11-13-26)15-16-6-7-17(28-4)18(14-16)29-5/h6-7,14H,8-13,15H2,1-5H3. The molecule has 0 unspecified atom stereocenters. The molecule has 1 amide bonds. The average Bonchev–Trinajstić information content (AvgIpc) is 3.22. The summed E-state index contributed by atoms with van der Waals surface area (Å²) in [6, 6.07) is 5.98. The number of aromatic nitrogens is 2. The number of ether oxygens (including phenoxy) is 2. The number of methoxy groups -OCH3 is 2. The quantitative estimate of drug-likeness (QED) is 0.686. The van der Waals surface area contributed by atoms with Gasteiger partial charge in [-0.1, -0.05) is 32.0 Å². The van der Waals surface area contributed by atoms with Gasteiger partial charge in [-0.3, -0.25) is 9.69 Å². The van der Waals surface area contributed by atoms with Gasteiger partial charge < -0.3 is 18.9 Å². The lowest BCUT2D eigenvalue weighted by atomic mass is 9.96. The van der Waals surface area contributed by atoms with Crippen LogP contribution in [0.5, 0.6) is 11.5 Å². The fraction of sp³-hybridized carbons (Fsp3) is 0.591. The minimum Gasteiger partial charge on any atom is -0.493 e. The predicted molar refractivity (Wildman–Crippen MR) is 113 cm³/mol. The molecule has 3 rings (SSSR count). The van der Waals surface area contributed by atoms with Crippen LogP contribution in [0.1, 0.15) is 44.5 Å². The maximum absolute atomic E-state index is 12.6. The lowest BCUT2D eigenvalue weighted by Crippen LogP contribution is -2.48. The van der Waals surface area contributed by atoms with E-state index in [0.717, 1.165) is 44.2 Å². The summed E-state index contributed by atoms with van der Waals surface area (Å²) in [7, 11) is 3.28. The number of hydrogen-bond donors (Lipinski definition) is 0. The van der Waals surface area contributed by atoms with Crippen molar-refractivity contribution in [2.45, 2.75) is 45.6 Å². The van der Waals surface area contributed by atoms with E-state index in [1.54, 1.807) is 14.2 Å². The zero-order valence-corrected chi connectivity index (χ0v) is 18.6. The van der Waals surface area contributed by atoms with Crippen LogP contribution in [-0.4, -0.2) is 66.2 Å². The summed E-state index contributed by atoms with van der Waals surface area (Å²) in [6.07, 6.45) is 0.870. The van der Waals surface area contributed by atoms with Gasteiger partial charge in [-0.15, -0.1) is 0 Å². The van der Waals surface area contributed by atoms with Crippen LogP contribution in [0.4, 0.5) is 0 Å². The topological polar surface area (TPSA) is 80.9 Å². The zero-order chi connectivity index (χ0) is 21.7. The maximum atomic E-state index is 12.6. The SMILES string of the molecule is COc1ccc(CN2CCN(C(=O)CCc3nc(C(C)(C)C)no3)CC2)cc1OC. The Morgan fingerprint density at radius 2 is 1.80 bits per heavy atom. The normalized spacial score (nSPS) is 15.3. The Kier molecular flexibility index (Phi) is 6.97. The Bertz CT molecular complexity index is 851. The summed E-state index contributed by atoms with van der Waals surface area (Å²) in [4.78, 5) is 21.3. The van der Waals surface area contributed by atoms with E-state index in [9.17, 15) is 4.79 Å². The van der Waals surface area contributed by atoms with Gasteiger partial charge in [0.05, 0.1) is 14.2 Å². The number of benzene rings is 1. The number of amides is 1. The van der Waals surface area contributed by atoms with E-state index < -0.39 is 0 Å². The molecule has 1 aliphatic heterocycles. The Hall–Kier alpha value is -2.61. The van der Waals surface area contributed by atoms with E-state index >= 15 is 0 Å². The summed E-state index contributed by atoms with van der Waals surface area (Å²) in [6.45, 7) is 10.1. The van der Waals surface area contributed by atoms with Crippen LogP contribution in [0.25, 0.3) is 0 Å².